The van der Waals surface area contributed by atoms with Crippen molar-refractivity contribution in [3.63, 3.8) is 0 Å². The Hall–Kier alpha value is -0.281. The average molecular weight is 616 g/mol. The zero-order chi connectivity index (χ0) is 21.5. The fourth-order valence-electron chi connectivity index (χ4n) is 2.14. The van der Waals surface area contributed by atoms with E-state index >= 15 is 0 Å². The summed E-state index contributed by atoms with van der Waals surface area (Å²) in [6.45, 7) is 4.81. The Balaban J connectivity index is -0.000000700. The number of nitrogens with one attached hydrogen (secondary N) is 4. The van der Waals surface area contributed by atoms with Crippen molar-refractivity contribution in [2.45, 2.75) is 40.0 Å². The van der Waals surface area contributed by atoms with Crippen LogP contribution in [0.3, 0.4) is 0 Å². The first-order valence-corrected chi connectivity index (χ1v) is 9.01. The molecule has 0 heterocycles. The number of ketones is 2. The van der Waals surface area contributed by atoms with Gasteiger partial charge in [0.2, 0.25) is 11.8 Å². The quantitative estimate of drug-likeness (QED) is 0.243. The molecule has 1 rings (SSSR count). The van der Waals surface area contributed by atoms with Crippen LogP contribution in [-0.4, -0.2) is 43.5 Å². The molecule has 10 heteroatoms. The first kappa shape index (κ1) is 34.3. The van der Waals surface area contributed by atoms with Gasteiger partial charge in [0.15, 0.2) is 0 Å². The Kier molecular flexibility index (Phi) is 23.6. The van der Waals surface area contributed by atoms with Crippen molar-refractivity contribution in [1.82, 2.24) is 5.32 Å². The summed E-state index contributed by atoms with van der Waals surface area (Å²) in [4.78, 5) is 44.3. The maximum atomic E-state index is 11.6. The molecule has 0 saturated carbocycles. The summed E-state index contributed by atoms with van der Waals surface area (Å²) < 4.78 is 0. The van der Waals surface area contributed by atoms with Crippen LogP contribution in [0.2, 0.25) is 0 Å². The van der Waals surface area contributed by atoms with Gasteiger partial charge >= 0.3 is 51.4 Å². The molecule has 2 amide bonds. The molecule has 0 aromatic heterocycles. The summed E-state index contributed by atoms with van der Waals surface area (Å²) in [5.41, 5.74) is 8.63. The van der Waals surface area contributed by atoms with Crippen LogP contribution in [0, 0.1) is 6.42 Å². The molecule has 0 aliphatic heterocycles. The van der Waals surface area contributed by atoms with Crippen LogP contribution < -0.4 is 67.3 Å². The summed E-state index contributed by atoms with van der Waals surface area (Å²) in [5, 5.41) is 7.95. The monoisotopic (exact) mass is 616 g/mol. The van der Waals surface area contributed by atoms with Crippen LogP contribution in [0.1, 0.15) is 39.2 Å². The van der Waals surface area contributed by atoms with Gasteiger partial charge in [-0.05, 0) is 51.1 Å². The average Bonchev–Trinajstić information content (AvgIpc) is 2.59. The van der Waals surface area contributed by atoms with Crippen LogP contribution in [0.5, 0.6) is 0 Å². The van der Waals surface area contributed by atoms with Gasteiger partial charge in [-0.1, -0.05) is 6.54 Å². The van der Waals surface area contributed by atoms with E-state index in [4.69, 9.17) is 5.73 Å². The van der Waals surface area contributed by atoms with Crippen molar-refractivity contribution in [1.29, 1.82) is 0 Å². The van der Waals surface area contributed by atoms with Gasteiger partial charge in [-0.2, -0.15) is 13.3 Å². The second-order valence-electron chi connectivity index (χ2n) is 6.25. The van der Waals surface area contributed by atoms with Crippen LogP contribution in [0.25, 0.3) is 5.73 Å². The minimum Gasteiger partial charge on any atom is -0.670 e. The number of hydrogen-bond acceptors (Lipinski definition) is 5. The van der Waals surface area contributed by atoms with Gasteiger partial charge in [-0.3, -0.25) is 14.4 Å². The van der Waals surface area contributed by atoms with Crippen molar-refractivity contribution in [3.8, 4) is 0 Å². The summed E-state index contributed by atoms with van der Waals surface area (Å²) >= 11 is 0. The van der Waals surface area contributed by atoms with E-state index in [0.717, 1.165) is 6.42 Å². The molecule has 0 aliphatic rings. The Morgan fingerprint density at radius 2 is 1.50 bits per heavy atom. The summed E-state index contributed by atoms with van der Waals surface area (Å²) in [7, 11) is 1.66. The summed E-state index contributed by atoms with van der Waals surface area (Å²) in [6.07, 6.45) is 3.84. The van der Waals surface area contributed by atoms with Gasteiger partial charge in [0.05, 0.1) is 6.54 Å². The predicted octanol–water partition coefficient (Wildman–Crippen LogP) is -0.452. The molecule has 163 valence electrons. The van der Waals surface area contributed by atoms with Crippen molar-refractivity contribution in [3.05, 3.63) is 35.9 Å². The molecule has 0 spiro atoms. The number of amides is 2. The number of unbranched alkanes of at least 4 members (excludes halogenated alkanes) is 1. The summed E-state index contributed by atoms with van der Waals surface area (Å²) in [6, 6.07) is 4.93. The van der Waals surface area contributed by atoms with E-state index in [1.54, 1.807) is 32.2 Å². The van der Waals surface area contributed by atoms with Crippen LogP contribution >= 0.6 is 0 Å². The number of anilines is 2. The first-order chi connectivity index (χ1) is 13.2. The molecule has 0 fully saturated rings. The zero-order valence-electron chi connectivity index (χ0n) is 18.4. The summed E-state index contributed by atoms with van der Waals surface area (Å²) in [5.74, 6) is -0.428. The van der Waals surface area contributed by atoms with Crippen LogP contribution in [-0.2, 0) is 46.0 Å². The SMILES string of the molecule is CNCC(=O)Nc1cc(CC(C)=O)cc(NC(=O)C[NH-])c1.C[CH-]CCC(C)=O.[K+].[Re]. The zero-order valence-corrected chi connectivity index (χ0v) is 24.2. The van der Waals surface area contributed by atoms with Gasteiger partial charge in [0.1, 0.15) is 11.6 Å². The van der Waals surface area contributed by atoms with E-state index in [2.05, 4.69) is 16.0 Å². The molecule has 8 nitrogen and oxygen atoms in total. The molecule has 0 atom stereocenters. The Morgan fingerprint density at radius 3 is 1.87 bits per heavy atom. The second kappa shape index (κ2) is 20.6. The van der Waals surface area contributed by atoms with E-state index in [1.807, 2.05) is 13.3 Å². The van der Waals surface area contributed by atoms with Gasteiger partial charge in [-0.15, -0.1) is 0 Å². The largest absolute Gasteiger partial charge is 1.00 e. The van der Waals surface area contributed by atoms with E-state index in [1.165, 1.54) is 6.92 Å². The van der Waals surface area contributed by atoms with Crippen molar-refractivity contribution in [2.24, 2.45) is 0 Å². The Bertz CT molecular complexity index is 687. The van der Waals surface area contributed by atoms with Crippen molar-refractivity contribution < 1.29 is 91.0 Å². The third-order valence-corrected chi connectivity index (χ3v) is 3.30. The normalized spacial score (nSPS) is 9.10. The fourth-order valence-corrected chi connectivity index (χ4v) is 2.14. The third kappa shape index (κ3) is 18.5. The van der Waals surface area contributed by atoms with Crippen LogP contribution in [0.4, 0.5) is 11.4 Å². The van der Waals surface area contributed by atoms with Gasteiger partial charge in [0, 0.05) is 38.2 Å². The Labute approximate surface area is 235 Å². The van der Waals surface area contributed by atoms with Gasteiger partial charge in [-0.25, -0.2) is 0 Å². The number of likely N-dealkylation sites (N-methyl/N-ethyl adjacent to an activating group) is 1. The number of carbonyl (C=O) groups excluding carboxylic acids is 4. The molecule has 0 aliphatic carbocycles. The van der Waals surface area contributed by atoms with Crippen molar-refractivity contribution >= 4 is 34.8 Å². The number of carbonyl (C=O) groups is 4. The minimum absolute atomic E-state index is 0. The standard InChI is InChI=1S/C14H19N4O3.C6H11O.K.Re/c1-9(19)3-10-4-11(17-13(20)7-15)6-12(5-10)18-14(21)8-16-2;1-3-4-5-6(2)7;;/h4-6,15-16H,3,7-8H2,1-2H3,(H,17,20)(H,18,21);3H,4-5H2,1-2H3;;/q2*-1;+1;. The molecule has 30 heavy (non-hydrogen) atoms. The number of hydrogen-bond donors (Lipinski definition) is 3. The first-order valence-electron chi connectivity index (χ1n) is 9.01. The molecule has 0 bridgehead atoms. The molecule has 4 N–H and O–H groups in total. The molecule has 1 aromatic carbocycles. The Morgan fingerprint density at radius 1 is 0.967 bits per heavy atom. The molecule has 1 aromatic rings. The maximum absolute atomic E-state index is 11.6. The van der Waals surface area contributed by atoms with E-state index < -0.39 is 12.5 Å². The molecule has 1 radical (unpaired) electrons. The smallest absolute Gasteiger partial charge is 0.670 e. The minimum atomic E-state index is -0.456. The maximum Gasteiger partial charge on any atom is 1.00 e. The van der Waals surface area contributed by atoms with Crippen LogP contribution in [0.15, 0.2) is 18.2 Å². The molecule has 0 saturated heterocycles. The molecular weight excluding hydrogens is 586 g/mol. The van der Waals surface area contributed by atoms with E-state index in [0.29, 0.717) is 23.4 Å². The fraction of sp³-hybridized carbons (Fsp3) is 0.450. The predicted molar refractivity (Wildman–Crippen MR) is 111 cm³/mol. The van der Waals surface area contributed by atoms with E-state index in [-0.39, 0.29) is 102 Å². The molecule has 0 unspecified atom stereocenters. The van der Waals surface area contributed by atoms with E-state index in [9.17, 15) is 19.2 Å². The van der Waals surface area contributed by atoms with Gasteiger partial charge in [0.25, 0.3) is 0 Å². The number of benzene rings is 1. The number of rotatable bonds is 10. The topological polar surface area (TPSA) is 128 Å². The second-order valence-corrected chi connectivity index (χ2v) is 6.25. The molecular formula is C20H30KN4O4Re-. The van der Waals surface area contributed by atoms with Gasteiger partial charge < -0.3 is 32.9 Å². The third-order valence-electron chi connectivity index (χ3n) is 3.30. The number of Topliss-reactive ketones (excluding diaryl/α,β-unsaturated/α-hetero) is 2. The van der Waals surface area contributed by atoms with Crippen molar-refractivity contribution in [2.75, 3.05) is 30.8 Å².